The van der Waals surface area contributed by atoms with E-state index in [1.165, 1.54) is 18.3 Å². The quantitative estimate of drug-likeness (QED) is 0.465. The van der Waals surface area contributed by atoms with Gasteiger partial charge in [0, 0.05) is 11.4 Å². The molecule has 2 rings (SSSR count). The van der Waals surface area contributed by atoms with Crippen LogP contribution in [0.25, 0.3) is 0 Å². The molecule has 1 amide bonds. The lowest BCUT2D eigenvalue weighted by molar-refractivity contribution is -0.121. The highest BCUT2D eigenvalue weighted by atomic mass is 35.5. The Morgan fingerprint density at radius 2 is 2.17 bits per heavy atom. The lowest BCUT2D eigenvalue weighted by Gasteiger charge is -2.08. The minimum absolute atomic E-state index is 0.223. The number of carbonyl (C=O) groups is 1. The average Bonchev–Trinajstić information content (AvgIpc) is 2.53. The van der Waals surface area contributed by atoms with Crippen molar-refractivity contribution in [2.45, 2.75) is 19.8 Å². The second-order valence-corrected chi connectivity index (χ2v) is 5.65. The molecule has 0 aliphatic heterocycles. The number of nitrogens with zero attached hydrogens (tertiary/aromatic N) is 1. The van der Waals surface area contributed by atoms with E-state index in [2.05, 4.69) is 10.5 Å². The molecule has 0 bridgehead atoms. The van der Waals surface area contributed by atoms with Crippen LogP contribution in [-0.4, -0.2) is 18.7 Å². The molecule has 0 saturated heterocycles. The summed E-state index contributed by atoms with van der Waals surface area (Å²) in [6, 6.07) is 11.3. The molecule has 0 unspecified atom stereocenters. The first-order valence-electron chi connectivity index (χ1n) is 7.51. The van der Waals surface area contributed by atoms with E-state index in [0.29, 0.717) is 23.6 Å². The van der Waals surface area contributed by atoms with Crippen LogP contribution in [0.5, 0.6) is 5.75 Å². The molecule has 2 aromatic carbocycles. The molecule has 126 valence electrons. The molecule has 0 aliphatic carbocycles. The molecule has 2 aromatic rings. The van der Waals surface area contributed by atoms with Gasteiger partial charge in [-0.15, -0.1) is 0 Å². The monoisotopic (exact) mass is 348 g/mol. The molecule has 24 heavy (non-hydrogen) atoms. The molecule has 0 radical (unpaired) electrons. The fourth-order valence-electron chi connectivity index (χ4n) is 2.01. The zero-order valence-corrected chi connectivity index (χ0v) is 14.0. The first-order chi connectivity index (χ1) is 11.5. The Labute approximate surface area is 145 Å². The van der Waals surface area contributed by atoms with Crippen molar-refractivity contribution in [3.05, 3.63) is 64.4 Å². The van der Waals surface area contributed by atoms with Crippen molar-refractivity contribution in [3.8, 4) is 5.75 Å². The van der Waals surface area contributed by atoms with Crippen LogP contribution in [0.4, 0.5) is 4.39 Å². The van der Waals surface area contributed by atoms with Gasteiger partial charge in [0.15, 0.2) is 0 Å². The highest BCUT2D eigenvalue weighted by Gasteiger charge is 2.03. The summed E-state index contributed by atoms with van der Waals surface area (Å²) in [5.74, 6) is 0.183. The maximum atomic E-state index is 13.0. The summed E-state index contributed by atoms with van der Waals surface area (Å²) < 4.78 is 18.6. The van der Waals surface area contributed by atoms with E-state index >= 15 is 0 Å². The normalized spacial score (nSPS) is 10.8. The van der Waals surface area contributed by atoms with Crippen LogP contribution < -0.4 is 10.2 Å². The summed E-state index contributed by atoms with van der Waals surface area (Å²) in [7, 11) is 0. The van der Waals surface area contributed by atoms with Crippen LogP contribution in [-0.2, 0) is 4.79 Å². The van der Waals surface area contributed by atoms with Crippen molar-refractivity contribution in [1.29, 1.82) is 0 Å². The number of hydrogen-bond acceptors (Lipinski definition) is 3. The minimum Gasteiger partial charge on any atom is -0.493 e. The van der Waals surface area contributed by atoms with Gasteiger partial charge in [-0.05, 0) is 54.8 Å². The van der Waals surface area contributed by atoms with E-state index in [1.54, 1.807) is 24.3 Å². The summed E-state index contributed by atoms with van der Waals surface area (Å²) in [6.07, 6.45) is 2.24. The van der Waals surface area contributed by atoms with E-state index in [4.69, 9.17) is 16.3 Å². The summed E-state index contributed by atoms with van der Waals surface area (Å²) in [5.41, 5.74) is 3.93. The van der Waals surface area contributed by atoms with Crippen LogP contribution in [0, 0.1) is 12.7 Å². The number of ether oxygens (including phenoxy) is 1. The van der Waals surface area contributed by atoms with Gasteiger partial charge in [-0.3, -0.25) is 4.79 Å². The van der Waals surface area contributed by atoms with Gasteiger partial charge in [0.05, 0.1) is 12.8 Å². The molecular weight excluding hydrogens is 331 g/mol. The fourth-order valence-corrected chi connectivity index (χ4v) is 2.24. The number of hydrogen-bond donors (Lipinski definition) is 1. The van der Waals surface area contributed by atoms with Crippen molar-refractivity contribution in [3.63, 3.8) is 0 Å². The lowest BCUT2D eigenvalue weighted by atomic mass is 10.2. The van der Waals surface area contributed by atoms with Crippen LogP contribution in [0.1, 0.15) is 24.0 Å². The number of benzene rings is 2. The van der Waals surface area contributed by atoms with Gasteiger partial charge in [-0.1, -0.05) is 23.7 Å². The summed E-state index contributed by atoms with van der Waals surface area (Å²) >= 11 is 5.88. The Morgan fingerprint density at radius 1 is 1.33 bits per heavy atom. The van der Waals surface area contributed by atoms with Gasteiger partial charge in [0.25, 0.3) is 0 Å². The van der Waals surface area contributed by atoms with Crippen molar-refractivity contribution in [2.24, 2.45) is 5.10 Å². The first kappa shape index (κ1) is 17.9. The Morgan fingerprint density at radius 3 is 2.92 bits per heavy atom. The van der Waals surface area contributed by atoms with Gasteiger partial charge >= 0.3 is 0 Å². The Bertz CT molecular complexity index is 735. The molecule has 0 atom stereocenters. The summed E-state index contributed by atoms with van der Waals surface area (Å²) in [6.45, 7) is 2.33. The number of carbonyl (C=O) groups excluding carboxylic acids is 1. The van der Waals surface area contributed by atoms with Crippen molar-refractivity contribution < 1.29 is 13.9 Å². The van der Waals surface area contributed by atoms with Gasteiger partial charge in [0.2, 0.25) is 5.91 Å². The maximum absolute atomic E-state index is 13.0. The second kappa shape index (κ2) is 9.03. The minimum atomic E-state index is -0.347. The number of hydrazone groups is 1. The zero-order chi connectivity index (χ0) is 17.4. The Balaban J connectivity index is 1.68. The van der Waals surface area contributed by atoms with Crippen LogP contribution in [0.2, 0.25) is 5.02 Å². The van der Waals surface area contributed by atoms with Crippen molar-refractivity contribution in [2.75, 3.05) is 6.61 Å². The predicted molar refractivity (Wildman–Crippen MR) is 93.1 cm³/mol. The van der Waals surface area contributed by atoms with Crippen LogP contribution in [0.15, 0.2) is 47.6 Å². The number of halogens is 2. The third-order valence-electron chi connectivity index (χ3n) is 3.19. The summed E-state index contributed by atoms with van der Waals surface area (Å²) in [5, 5.41) is 4.46. The zero-order valence-electron chi connectivity index (χ0n) is 13.3. The fraction of sp³-hybridized carbons (Fsp3) is 0.222. The lowest BCUT2D eigenvalue weighted by Crippen LogP contribution is -2.18. The molecule has 6 heteroatoms. The van der Waals surface area contributed by atoms with Gasteiger partial charge in [-0.25, -0.2) is 9.82 Å². The topological polar surface area (TPSA) is 50.7 Å². The molecule has 0 aliphatic rings. The van der Waals surface area contributed by atoms with E-state index in [0.717, 1.165) is 11.3 Å². The second-order valence-electron chi connectivity index (χ2n) is 5.21. The van der Waals surface area contributed by atoms with E-state index in [9.17, 15) is 9.18 Å². The van der Waals surface area contributed by atoms with E-state index < -0.39 is 0 Å². The number of rotatable bonds is 7. The van der Waals surface area contributed by atoms with Gasteiger partial charge < -0.3 is 4.74 Å². The SMILES string of the molecule is Cc1cc(Cl)ccc1OCCCC(=O)N/N=C/c1cccc(F)c1. The molecule has 1 N–H and O–H groups in total. The van der Waals surface area contributed by atoms with Crippen LogP contribution in [0.3, 0.4) is 0 Å². The Hall–Kier alpha value is -2.40. The number of nitrogens with one attached hydrogen (secondary N) is 1. The molecule has 0 heterocycles. The standard InChI is InChI=1S/C18H18ClFN2O2/c1-13-10-15(19)7-8-17(13)24-9-3-6-18(23)22-21-12-14-4-2-5-16(20)11-14/h2,4-5,7-8,10-12H,3,6,9H2,1H3,(H,22,23)/b21-12+. The third kappa shape index (κ3) is 6.01. The molecule has 0 fully saturated rings. The predicted octanol–water partition coefficient (Wildman–Crippen LogP) is 4.10. The highest BCUT2D eigenvalue weighted by molar-refractivity contribution is 6.30. The highest BCUT2D eigenvalue weighted by Crippen LogP contribution is 2.21. The van der Waals surface area contributed by atoms with Crippen LogP contribution >= 0.6 is 11.6 Å². The number of amides is 1. The smallest absolute Gasteiger partial charge is 0.240 e. The number of aryl methyl sites for hydroxylation is 1. The molecule has 0 aromatic heterocycles. The van der Waals surface area contributed by atoms with Crippen molar-refractivity contribution in [1.82, 2.24) is 5.43 Å². The van der Waals surface area contributed by atoms with Crippen molar-refractivity contribution >= 4 is 23.7 Å². The summed E-state index contributed by atoms with van der Waals surface area (Å²) in [4.78, 5) is 11.7. The van der Waals surface area contributed by atoms with E-state index in [-0.39, 0.29) is 18.1 Å². The maximum Gasteiger partial charge on any atom is 0.240 e. The molecular formula is C18H18ClFN2O2. The molecule has 0 spiro atoms. The molecule has 0 saturated carbocycles. The third-order valence-corrected chi connectivity index (χ3v) is 3.43. The Kier molecular flexibility index (Phi) is 6.75. The first-order valence-corrected chi connectivity index (χ1v) is 7.89. The van der Waals surface area contributed by atoms with E-state index in [1.807, 2.05) is 13.0 Å². The largest absolute Gasteiger partial charge is 0.493 e. The van der Waals surface area contributed by atoms with Gasteiger partial charge in [-0.2, -0.15) is 5.10 Å². The molecule has 4 nitrogen and oxygen atoms in total. The van der Waals surface area contributed by atoms with Gasteiger partial charge in [0.1, 0.15) is 11.6 Å². The average molecular weight is 349 g/mol.